The van der Waals surface area contributed by atoms with Gasteiger partial charge >= 0.3 is 0 Å². The Bertz CT molecular complexity index is 1820. The van der Waals surface area contributed by atoms with Gasteiger partial charge in [0, 0.05) is 29.5 Å². The van der Waals surface area contributed by atoms with E-state index in [1.54, 1.807) is 61.5 Å². The van der Waals surface area contributed by atoms with Crippen LogP contribution in [0.5, 0.6) is 5.75 Å². The van der Waals surface area contributed by atoms with Crippen molar-refractivity contribution in [2.45, 2.75) is 67.4 Å². The molecule has 1 atom stereocenters. The maximum absolute atomic E-state index is 15.2. The zero-order valence-electron chi connectivity index (χ0n) is 27.8. The van der Waals surface area contributed by atoms with Crippen LogP contribution in [0.4, 0.5) is 10.1 Å². The summed E-state index contributed by atoms with van der Waals surface area (Å²) in [6.45, 7) is 1.15. The smallest absolute Gasteiger partial charge is 0.264 e. The van der Waals surface area contributed by atoms with Crippen LogP contribution >= 0.6 is 11.8 Å². The van der Waals surface area contributed by atoms with E-state index in [1.807, 2.05) is 36.6 Å². The van der Waals surface area contributed by atoms with E-state index in [-0.39, 0.29) is 53.4 Å². The second-order valence-corrected chi connectivity index (χ2v) is 14.6. The molecule has 0 heterocycles. The summed E-state index contributed by atoms with van der Waals surface area (Å²) in [5.74, 6) is -1.28. The molecule has 5 rings (SSSR count). The van der Waals surface area contributed by atoms with Crippen molar-refractivity contribution in [3.63, 3.8) is 0 Å². The first-order valence-electron chi connectivity index (χ1n) is 16.5. The molecule has 0 aliphatic heterocycles. The quantitative estimate of drug-likeness (QED) is 0.136. The van der Waals surface area contributed by atoms with Gasteiger partial charge in [-0.1, -0.05) is 73.5 Å². The predicted octanol–water partition coefficient (Wildman–Crippen LogP) is 6.84. The number of sulfonamides is 1. The summed E-state index contributed by atoms with van der Waals surface area (Å²) in [7, 11) is -4.33. The van der Waals surface area contributed by atoms with E-state index in [0.717, 1.165) is 40.4 Å². The van der Waals surface area contributed by atoms with Crippen molar-refractivity contribution < 1.29 is 27.1 Å². The largest absolute Gasteiger partial charge is 0.492 e. The number of amides is 2. The molecule has 1 aliphatic rings. The van der Waals surface area contributed by atoms with Crippen LogP contribution in [0, 0.1) is 5.82 Å². The fourth-order valence-electron chi connectivity index (χ4n) is 6.06. The molecule has 8 nitrogen and oxygen atoms in total. The van der Waals surface area contributed by atoms with Crippen LogP contribution in [0.2, 0.25) is 0 Å². The Morgan fingerprint density at radius 3 is 2.24 bits per heavy atom. The second kappa shape index (κ2) is 16.8. The Morgan fingerprint density at radius 2 is 1.57 bits per heavy atom. The van der Waals surface area contributed by atoms with Crippen molar-refractivity contribution in [3.05, 3.63) is 120 Å². The Morgan fingerprint density at radius 1 is 0.918 bits per heavy atom. The molecule has 0 bridgehead atoms. The summed E-state index contributed by atoms with van der Waals surface area (Å²) in [5.41, 5.74) is 1.19. The van der Waals surface area contributed by atoms with Crippen LogP contribution in [0.1, 0.15) is 43.7 Å². The number of halogens is 1. The summed E-state index contributed by atoms with van der Waals surface area (Å²) in [6.07, 6.45) is 5.71. The second-order valence-electron chi connectivity index (χ2n) is 11.9. The number of hydrogen-bond donors (Lipinski definition) is 1. The van der Waals surface area contributed by atoms with Crippen LogP contribution in [0.25, 0.3) is 0 Å². The average Bonchev–Trinajstić information content (AvgIpc) is 3.63. The van der Waals surface area contributed by atoms with E-state index >= 15 is 4.39 Å². The van der Waals surface area contributed by atoms with Gasteiger partial charge in [-0.05, 0) is 74.0 Å². The topological polar surface area (TPSA) is 96.0 Å². The number of nitrogens with one attached hydrogen (secondary N) is 1. The van der Waals surface area contributed by atoms with Gasteiger partial charge < -0.3 is 15.0 Å². The van der Waals surface area contributed by atoms with Gasteiger partial charge in [-0.25, -0.2) is 12.8 Å². The lowest BCUT2D eigenvalue weighted by Crippen LogP contribution is -2.54. The van der Waals surface area contributed by atoms with E-state index < -0.39 is 34.3 Å². The van der Waals surface area contributed by atoms with Gasteiger partial charge in [0.25, 0.3) is 10.0 Å². The minimum Gasteiger partial charge on any atom is -0.492 e. The molecule has 258 valence electrons. The number of ether oxygens (including phenoxy) is 1. The van der Waals surface area contributed by atoms with Crippen LogP contribution in [0.3, 0.4) is 0 Å². The van der Waals surface area contributed by atoms with Crippen molar-refractivity contribution in [1.29, 1.82) is 0 Å². The summed E-state index contributed by atoms with van der Waals surface area (Å²) >= 11 is 1.48. The minimum atomic E-state index is -4.33. The standard InChI is InChI=1S/C38H42FN3O5S2/c1-3-47-36-20-12-11-19-34(36)42(49(45,46)32-23-21-31(48-2)22-24-32)27-37(43)41(26-29-15-7-10-18-33(29)39)35(25-28-13-5-4-6-14-28)38(44)40-30-16-8-9-17-30/h4-7,10-15,18-24,30,35H,3,8-9,16-17,25-27H2,1-2H3,(H,40,44)/t35-/m0/s1. The lowest BCUT2D eigenvalue weighted by molar-refractivity contribution is -0.140. The van der Waals surface area contributed by atoms with Crippen LogP contribution in [0.15, 0.2) is 113 Å². The third kappa shape index (κ3) is 9.01. The number of anilines is 1. The molecule has 0 saturated heterocycles. The van der Waals surface area contributed by atoms with E-state index in [0.29, 0.717) is 0 Å². The van der Waals surface area contributed by atoms with Gasteiger partial charge in [0.05, 0.1) is 17.2 Å². The molecule has 1 aliphatic carbocycles. The normalized spacial score (nSPS) is 13.9. The molecule has 0 unspecified atom stereocenters. The molecule has 4 aromatic carbocycles. The predicted molar refractivity (Wildman–Crippen MR) is 192 cm³/mol. The number of para-hydroxylation sites is 2. The van der Waals surface area contributed by atoms with Crippen LogP contribution in [-0.4, -0.2) is 56.6 Å². The van der Waals surface area contributed by atoms with Gasteiger partial charge in [-0.2, -0.15) is 0 Å². The molecule has 1 fully saturated rings. The third-order valence-corrected chi connectivity index (χ3v) is 11.1. The lowest BCUT2D eigenvalue weighted by Gasteiger charge is -2.34. The maximum atomic E-state index is 15.2. The average molecular weight is 704 g/mol. The van der Waals surface area contributed by atoms with Crippen molar-refractivity contribution in [3.8, 4) is 5.75 Å². The molecule has 0 spiro atoms. The number of carbonyl (C=O) groups is 2. The first-order chi connectivity index (χ1) is 23.7. The molecule has 0 aromatic heterocycles. The highest BCUT2D eigenvalue weighted by molar-refractivity contribution is 7.98. The van der Waals surface area contributed by atoms with Gasteiger partial charge in [0.2, 0.25) is 11.8 Å². The van der Waals surface area contributed by atoms with E-state index in [9.17, 15) is 18.0 Å². The van der Waals surface area contributed by atoms with Gasteiger partial charge in [-0.15, -0.1) is 11.8 Å². The zero-order valence-corrected chi connectivity index (χ0v) is 29.4. The van der Waals surface area contributed by atoms with Crippen LogP contribution in [-0.2, 0) is 32.6 Å². The number of hydrogen-bond acceptors (Lipinski definition) is 6. The molecular formula is C38H42FN3O5S2. The van der Waals surface area contributed by atoms with E-state index in [1.165, 1.54) is 34.9 Å². The molecular weight excluding hydrogens is 662 g/mol. The first-order valence-corrected chi connectivity index (χ1v) is 19.1. The van der Waals surface area contributed by atoms with Crippen molar-refractivity contribution >= 4 is 39.3 Å². The molecule has 1 saturated carbocycles. The van der Waals surface area contributed by atoms with Crippen molar-refractivity contribution in [2.24, 2.45) is 0 Å². The third-order valence-electron chi connectivity index (χ3n) is 8.63. The minimum absolute atomic E-state index is 0.00938. The highest BCUT2D eigenvalue weighted by Gasteiger charge is 2.36. The highest BCUT2D eigenvalue weighted by atomic mass is 32.2. The zero-order chi connectivity index (χ0) is 34.8. The Balaban J connectivity index is 1.60. The fraction of sp³-hybridized carbons (Fsp3) is 0.316. The summed E-state index contributed by atoms with van der Waals surface area (Å²) in [4.78, 5) is 31.1. The number of nitrogens with zero attached hydrogens (tertiary/aromatic N) is 2. The summed E-state index contributed by atoms with van der Waals surface area (Å²) in [6, 6.07) is 27.4. The van der Waals surface area contributed by atoms with Crippen molar-refractivity contribution in [1.82, 2.24) is 10.2 Å². The summed E-state index contributed by atoms with van der Waals surface area (Å²) in [5, 5.41) is 3.13. The molecule has 4 aromatic rings. The van der Waals surface area contributed by atoms with Gasteiger partial charge in [0.1, 0.15) is 24.2 Å². The number of benzene rings is 4. The van der Waals surface area contributed by atoms with Crippen molar-refractivity contribution in [2.75, 3.05) is 23.7 Å². The fourth-order valence-corrected chi connectivity index (χ4v) is 7.89. The maximum Gasteiger partial charge on any atom is 0.264 e. The molecule has 11 heteroatoms. The van der Waals surface area contributed by atoms with E-state index in [4.69, 9.17) is 4.74 Å². The molecule has 2 amide bonds. The Hall–Kier alpha value is -4.35. The molecule has 0 radical (unpaired) electrons. The Kier molecular flexibility index (Phi) is 12.4. The van der Waals surface area contributed by atoms with Gasteiger partial charge in [0.15, 0.2) is 0 Å². The molecule has 1 N–H and O–H groups in total. The highest BCUT2D eigenvalue weighted by Crippen LogP contribution is 2.33. The Labute approximate surface area is 292 Å². The lowest BCUT2D eigenvalue weighted by atomic mass is 10.0. The molecule has 49 heavy (non-hydrogen) atoms. The SMILES string of the molecule is CCOc1ccccc1N(CC(=O)N(Cc1ccccc1F)[C@@H](Cc1ccccc1)C(=O)NC1CCCC1)S(=O)(=O)c1ccc(SC)cc1. The number of rotatable bonds is 15. The monoisotopic (exact) mass is 703 g/mol. The summed E-state index contributed by atoms with van der Waals surface area (Å²) < 4.78 is 50.9. The number of thioether (sulfide) groups is 1. The number of carbonyl (C=O) groups excluding carboxylic acids is 2. The van der Waals surface area contributed by atoms with Crippen LogP contribution < -0.4 is 14.4 Å². The van der Waals surface area contributed by atoms with E-state index in [2.05, 4.69) is 5.32 Å². The first kappa shape index (κ1) is 35.9. The van der Waals surface area contributed by atoms with Gasteiger partial charge in [-0.3, -0.25) is 13.9 Å².